The number of para-hydroxylation sites is 1. The first kappa shape index (κ1) is 15.2. The molecule has 25 heavy (non-hydrogen) atoms. The van der Waals surface area contributed by atoms with Crippen molar-refractivity contribution in [2.75, 3.05) is 5.32 Å². The third kappa shape index (κ3) is 3.17. The molecule has 0 atom stereocenters. The third-order valence-corrected chi connectivity index (χ3v) is 4.20. The molecule has 0 aliphatic carbocycles. The molecule has 0 aliphatic rings. The summed E-state index contributed by atoms with van der Waals surface area (Å²) in [6.07, 6.45) is 2.23. The summed E-state index contributed by atoms with van der Waals surface area (Å²) < 4.78 is 0. The first-order chi connectivity index (χ1) is 12.2. The van der Waals surface area contributed by atoms with Crippen LogP contribution in [0.3, 0.4) is 0 Å². The average Bonchev–Trinajstić information content (AvgIpc) is 3.22. The Labute approximate surface area is 145 Å². The molecule has 124 valence electrons. The highest BCUT2D eigenvalue weighted by Gasteiger charge is 2.09. The van der Waals surface area contributed by atoms with E-state index in [9.17, 15) is 4.79 Å². The number of nitrogens with one attached hydrogen (secondary N) is 3. The van der Waals surface area contributed by atoms with Gasteiger partial charge in [0.1, 0.15) is 0 Å². The predicted octanol–water partition coefficient (Wildman–Crippen LogP) is 4.05. The molecular formula is C20H18N4O. The summed E-state index contributed by atoms with van der Waals surface area (Å²) in [4.78, 5) is 15.5. The maximum Gasteiger partial charge on any atom is 0.228 e. The van der Waals surface area contributed by atoms with Crippen molar-refractivity contribution < 1.29 is 4.79 Å². The summed E-state index contributed by atoms with van der Waals surface area (Å²) in [5.41, 5.74) is 5.75. The van der Waals surface area contributed by atoms with Crippen molar-refractivity contribution in [1.29, 1.82) is 0 Å². The number of aromatic nitrogens is 3. The highest BCUT2D eigenvalue weighted by atomic mass is 16.1. The molecule has 3 N–H and O–H groups in total. The van der Waals surface area contributed by atoms with Crippen LogP contribution in [0.1, 0.15) is 11.3 Å². The van der Waals surface area contributed by atoms with Crippen molar-refractivity contribution in [2.24, 2.45) is 0 Å². The maximum absolute atomic E-state index is 12.3. The number of aromatic amines is 2. The van der Waals surface area contributed by atoms with Gasteiger partial charge in [-0.15, -0.1) is 0 Å². The van der Waals surface area contributed by atoms with Crippen LogP contribution in [-0.4, -0.2) is 21.1 Å². The lowest BCUT2D eigenvalue weighted by Gasteiger charge is -2.06. The van der Waals surface area contributed by atoms with Gasteiger partial charge in [-0.2, -0.15) is 5.10 Å². The lowest BCUT2D eigenvalue weighted by Crippen LogP contribution is -2.14. The molecule has 0 aliphatic heterocycles. The molecule has 1 amide bonds. The summed E-state index contributed by atoms with van der Waals surface area (Å²) in [5.74, 6) is -0.0342. The SMILES string of the molecule is Cc1cc(-c2ccc(NC(=O)Cc3c[nH]c4ccccc34)cc2)n[nH]1. The Balaban J connectivity index is 1.45. The van der Waals surface area contributed by atoms with Crippen LogP contribution in [0.15, 0.2) is 60.8 Å². The van der Waals surface area contributed by atoms with Crippen LogP contribution in [0, 0.1) is 6.92 Å². The first-order valence-corrected chi connectivity index (χ1v) is 8.16. The lowest BCUT2D eigenvalue weighted by atomic mass is 10.1. The van der Waals surface area contributed by atoms with E-state index in [1.807, 2.05) is 67.7 Å². The minimum atomic E-state index is -0.0342. The number of H-pyrrole nitrogens is 2. The molecule has 0 saturated carbocycles. The number of anilines is 1. The van der Waals surface area contributed by atoms with E-state index in [-0.39, 0.29) is 5.91 Å². The van der Waals surface area contributed by atoms with E-state index in [1.54, 1.807) is 0 Å². The number of benzene rings is 2. The van der Waals surface area contributed by atoms with E-state index in [1.165, 1.54) is 0 Å². The number of amides is 1. The molecule has 0 spiro atoms. The zero-order valence-corrected chi connectivity index (χ0v) is 13.8. The van der Waals surface area contributed by atoms with E-state index in [4.69, 9.17) is 0 Å². The molecule has 5 heteroatoms. The second kappa shape index (κ2) is 6.28. The molecule has 0 bridgehead atoms. The largest absolute Gasteiger partial charge is 0.361 e. The van der Waals surface area contributed by atoms with Crippen LogP contribution >= 0.6 is 0 Å². The normalized spacial score (nSPS) is 10.9. The quantitative estimate of drug-likeness (QED) is 0.528. The number of hydrogen-bond acceptors (Lipinski definition) is 2. The molecule has 0 unspecified atom stereocenters. The van der Waals surface area contributed by atoms with Gasteiger partial charge in [0.25, 0.3) is 0 Å². The Bertz CT molecular complexity index is 1030. The van der Waals surface area contributed by atoms with Gasteiger partial charge in [0.15, 0.2) is 0 Å². The van der Waals surface area contributed by atoms with Gasteiger partial charge in [0.05, 0.1) is 12.1 Å². The van der Waals surface area contributed by atoms with Gasteiger partial charge < -0.3 is 10.3 Å². The number of carbonyl (C=O) groups is 1. The van der Waals surface area contributed by atoms with Crippen molar-refractivity contribution in [2.45, 2.75) is 13.3 Å². The Morgan fingerprint density at radius 2 is 1.92 bits per heavy atom. The van der Waals surface area contributed by atoms with Crippen LogP contribution in [0.2, 0.25) is 0 Å². The van der Waals surface area contributed by atoms with E-state index in [0.29, 0.717) is 6.42 Å². The van der Waals surface area contributed by atoms with E-state index in [2.05, 4.69) is 20.5 Å². The fraction of sp³-hybridized carbons (Fsp3) is 0.100. The van der Waals surface area contributed by atoms with E-state index >= 15 is 0 Å². The van der Waals surface area contributed by atoms with Gasteiger partial charge in [-0.05, 0) is 36.8 Å². The summed E-state index contributed by atoms with van der Waals surface area (Å²) >= 11 is 0. The van der Waals surface area contributed by atoms with Crippen molar-refractivity contribution >= 4 is 22.5 Å². The van der Waals surface area contributed by atoms with Crippen LogP contribution in [0.25, 0.3) is 22.2 Å². The summed E-state index contributed by atoms with van der Waals surface area (Å²) in [6, 6.07) is 17.7. The second-order valence-corrected chi connectivity index (χ2v) is 6.10. The molecular weight excluding hydrogens is 312 g/mol. The fourth-order valence-corrected chi connectivity index (χ4v) is 2.95. The van der Waals surface area contributed by atoms with Crippen LogP contribution in [0.4, 0.5) is 5.69 Å². The molecule has 4 aromatic rings. The third-order valence-electron chi connectivity index (χ3n) is 4.20. The summed E-state index contributed by atoms with van der Waals surface area (Å²) in [6.45, 7) is 1.97. The van der Waals surface area contributed by atoms with Gasteiger partial charge in [-0.25, -0.2) is 0 Å². The summed E-state index contributed by atoms with van der Waals surface area (Å²) in [7, 11) is 0. The van der Waals surface area contributed by atoms with Crippen LogP contribution in [0.5, 0.6) is 0 Å². The van der Waals surface area contributed by atoms with Crippen molar-refractivity contribution in [1.82, 2.24) is 15.2 Å². The lowest BCUT2D eigenvalue weighted by molar-refractivity contribution is -0.115. The molecule has 5 nitrogen and oxygen atoms in total. The highest BCUT2D eigenvalue weighted by molar-refractivity contribution is 5.95. The molecule has 2 heterocycles. The van der Waals surface area contributed by atoms with Crippen LogP contribution in [-0.2, 0) is 11.2 Å². The second-order valence-electron chi connectivity index (χ2n) is 6.10. The predicted molar refractivity (Wildman–Crippen MR) is 99.4 cm³/mol. The number of hydrogen-bond donors (Lipinski definition) is 3. The van der Waals surface area contributed by atoms with E-state index in [0.717, 1.165) is 39.1 Å². The van der Waals surface area contributed by atoms with Crippen molar-refractivity contribution in [3.05, 3.63) is 72.1 Å². The fourth-order valence-electron chi connectivity index (χ4n) is 2.95. The van der Waals surface area contributed by atoms with Crippen LogP contribution < -0.4 is 5.32 Å². The Morgan fingerprint density at radius 3 is 2.68 bits per heavy atom. The number of rotatable bonds is 4. The van der Waals surface area contributed by atoms with Crippen molar-refractivity contribution in [3.8, 4) is 11.3 Å². The number of fused-ring (bicyclic) bond motifs is 1. The maximum atomic E-state index is 12.3. The van der Waals surface area contributed by atoms with Gasteiger partial charge in [0.2, 0.25) is 5.91 Å². The monoisotopic (exact) mass is 330 g/mol. The minimum absolute atomic E-state index is 0.0342. The Hall–Kier alpha value is -3.34. The molecule has 0 fully saturated rings. The van der Waals surface area contributed by atoms with Gasteiger partial charge in [-0.1, -0.05) is 30.3 Å². The Kier molecular flexibility index (Phi) is 3.82. The first-order valence-electron chi connectivity index (χ1n) is 8.16. The highest BCUT2D eigenvalue weighted by Crippen LogP contribution is 2.21. The molecule has 0 radical (unpaired) electrons. The molecule has 0 saturated heterocycles. The zero-order chi connectivity index (χ0) is 17.2. The Morgan fingerprint density at radius 1 is 1.12 bits per heavy atom. The topological polar surface area (TPSA) is 73.6 Å². The summed E-state index contributed by atoms with van der Waals surface area (Å²) in [5, 5.41) is 11.2. The van der Waals surface area contributed by atoms with Gasteiger partial charge >= 0.3 is 0 Å². The standard InChI is InChI=1S/C20H18N4O/c1-13-10-19(24-23-13)14-6-8-16(9-7-14)22-20(25)11-15-12-21-18-5-3-2-4-17(15)18/h2-10,12,21H,11H2,1H3,(H,22,25)(H,23,24). The smallest absolute Gasteiger partial charge is 0.228 e. The number of nitrogens with zero attached hydrogens (tertiary/aromatic N) is 1. The number of carbonyl (C=O) groups excluding carboxylic acids is 1. The van der Waals surface area contributed by atoms with Crippen molar-refractivity contribution in [3.63, 3.8) is 0 Å². The molecule has 2 aromatic heterocycles. The van der Waals surface area contributed by atoms with Gasteiger partial charge in [0, 0.05) is 34.0 Å². The molecule has 2 aromatic carbocycles. The average molecular weight is 330 g/mol. The zero-order valence-electron chi connectivity index (χ0n) is 13.8. The number of aryl methyl sites for hydroxylation is 1. The molecule has 4 rings (SSSR count). The van der Waals surface area contributed by atoms with E-state index < -0.39 is 0 Å². The minimum Gasteiger partial charge on any atom is -0.361 e. The van der Waals surface area contributed by atoms with Gasteiger partial charge in [-0.3, -0.25) is 9.89 Å².